The van der Waals surface area contributed by atoms with Crippen molar-refractivity contribution in [1.82, 2.24) is 14.7 Å². The minimum absolute atomic E-state index is 0.00391. The second kappa shape index (κ2) is 6.68. The van der Waals surface area contributed by atoms with Crippen LogP contribution in [0.5, 0.6) is 0 Å². The largest absolute Gasteiger partial charge is 0.396 e. The highest BCUT2D eigenvalue weighted by Gasteiger charge is 2.29. The predicted molar refractivity (Wildman–Crippen MR) is 84.3 cm³/mol. The number of piperidine rings is 1. The van der Waals surface area contributed by atoms with Crippen molar-refractivity contribution in [2.45, 2.75) is 12.8 Å². The van der Waals surface area contributed by atoms with Crippen LogP contribution in [0.4, 0.5) is 8.78 Å². The van der Waals surface area contributed by atoms with Crippen molar-refractivity contribution in [3.05, 3.63) is 41.6 Å². The van der Waals surface area contributed by atoms with E-state index in [9.17, 15) is 18.7 Å². The van der Waals surface area contributed by atoms with E-state index in [0.717, 1.165) is 25.0 Å². The molecule has 1 aliphatic rings. The maximum absolute atomic E-state index is 14.1. The molecule has 5 nitrogen and oxygen atoms in total. The average Bonchev–Trinajstić information content (AvgIpc) is 2.95. The van der Waals surface area contributed by atoms with Gasteiger partial charge >= 0.3 is 0 Å². The van der Waals surface area contributed by atoms with Crippen LogP contribution in [-0.2, 0) is 7.05 Å². The van der Waals surface area contributed by atoms with Crippen molar-refractivity contribution in [1.29, 1.82) is 0 Å². The number of carbonyl (C=O) groups is 1. The highest BCUT2D eigenvalue weighted by Crippen LogP contribution is 2.29. The van der Waals surface area contributed by atoms with Gasteiger partial charge in [0.05, 0.1) is 11.1 Å². The molecular weight excluding hydrogens is 316 g/mol. The lowest BCUT2D eigenvalue weighted by atomic mass is 9.98. The van der Waals surface area contributed by atoms with Crippen molar-refractivity contribution >= 4 is 5.91 Å². The second-order valence-corrected chi connectivity index (χ2v) is 6.10. The number of hydrogen-bond donors (Lipinski definition) is 1. The first-order chi connectivity index (χ1) is 11.5. The summed E-state index contributed by atoms with van der Waals surface area (Å²) in [5, 5.41) is 13.4. The van der Waals surface area contributed by atoms with Crippen LogP contribution in [0.25, 0.3) is 11.3 Å². The molecule has 1 fully saturated rings. The van der Waals surface area contributed by atoms with Gasteiger partial charge in [-0.25, -0.2) is 8.78 Å². The van der Waals surface area contributed by atoms with E-state index in [2.05, 4.69) is 5.10 Å². The zero-order valence-corrected chi connectivity index (χ0v) is 13.4. The van der Waals surface area contributed by atoms with E-state index in [1.165, 1.54) is 16.9 Å². The fourth-order valence-electron chi connectivity index (χ4n) is 3.12. The number of rotatable bonds is 3. The molecule has 1 amide bonds. The number of aryl methyl sites for hydroxylation is 1. The summed E-state index contributed by atoms with van der Waals surface area (Å²) < 4.78 is 29.6. The molecule has 1 aromatic heterocycles. The van der Waals surface area contributed by atoms with Gasteiger partial charge in [0.1, 0.15) is 17.3 Å². The fraction of sp³-hybridized carbons (Fsp3) is 0.412. The topological polar surface area (TPSA) is 58.4 Å². The molecule has 128 valence electrons. The minimum atomic E-state index is -0.755. The first kappa shape index (κ1) is 16.6. The monoisotopic (exact) mass is 335 g/mol. The van der Waals surface area contributed by atoms with E-state index < -0.39 is 11.6 Å². The van der Waals surface area contributed by atoms with Gasteiger partial charge in [-0.1, -0.05) is 6.07 Å². The molecule has 0 spiro atoms. The van der Waals surface area contributed by atoms with Crippen LogP contribution in [0.3, 0.4) is 0 Å². The quantitative estimate of drug-likeness (QED) is 0.936. The lowest BCUT2D eigenvalue weighted by molar-refractivity contribution is 0.0621. The number of aliphatic hydroxyl groups excluding tert-OH is 1. The summed E-state index contributed by atoms with van der Waals surface area (Å²) in [5.41, 5.74) is -0.124. The zero-order chi connectivity index (χ0) is 17.3. The molecule has 1 aliphatic heterocycles. The highest BCUT2D eigenvalue weighted by atomic mass is 19.1. The molecule has 7 heteroatoms. The molecule has 0 radical (unpaired) electrons. The summed E-state index contributed by atoms with van der Waals surface area (Å²) in [7, 11) is 1.60. The van der Waals surface area contributed by atoms with E-state index in [0.29, 0.717) is 13.1 Å². The van der Waals surface area contributed by atoms with E-state index in [4.69, 9.17) is 0 Å². The summed E-state index contributed by atoms with van der Waals surface area (Å²) >= 11 is 0. The van der Waals surface area contributed by atoms with Crippen LogP contribution in [0, 0.1) is 17.6 Å². The number of aromatic nitrogens is 2. The van der Waals surface area contributed by atoms with Gasteiger partial charge in [0, 0.05) is 32.9 Å². The van der Waals surface area contributed by atoms with Crippen LogP contribution in [0.1, 0.15) is 23.2 Å². The molecule has 1 saturated heterocycles. The number of benzene rings is 1. The maximum atomic E-state index is 14.1. The zero-order valence-electron chi connectivity index (χ0n) is 13.4. The van der Waals surface area contributed by atoms with Gasteiger partial charge < -0.3 is 10.0 Å². The molecule has 2 heterocycles. The highest BCUT2D eigenvalue weighted by molar-refractivity contribution is 6.00. The van der Waals surface area contributed by atoms with E-state index in [-0.39, 0.29) is 35.3 Å². The Labute approximate surface area is 138 Å². The average molecular weight is 335 g/mol. The normalized spacial score (nSPS) is 18.0. The molecule has 1 aromatic carbocycles. The number of aliphatic hydroxyl groups is 1. The van der Waals surface area contributed by atoms with Crippen LogP contribution in [-0.4, -0.2) is 45.4 Å². The Kier molecular flexibility index (Phi) is 4.62. The fourth-order valence-corrected chi connectivity index (χ4v) is 3.12. The number of carbonyl (C=O) groups excluding carboxylic acids is 1. The van der Waals surface area contributed by atoms with Crippen molar-refractivity contribution in [2.24, 2.45) is 13.0 Å². The molecule has 0 aliphatic carbocycles. The Balaban J connectivity index is 1.99. The van der Waals surface area contributed by atoms with Crippen LogP contribution in [0.2, 0.25) is 0 Å². The molecule has 24 heavy (non-hydrogen) atoms. The number of nitrogens with zero attached hydrogens (tertiary/aromatic N) is 3. The molecule has 3 rings (SSSR count). The molecule has 1 N–H and O–H groups in total. The molecule has 2 aromatic rings. The number of amides is 1. The van der Waals surface area contributed by atoms with E-state index in [1.54, 1.807) is 11.9 Å². The summed E-state index contributed by atoms with van der Waals surface area (Å²) in [5.74, 6) is -1.80. The summed E-state index contributed by atoms with van der Waals surface area (Å²) in [4.78, 5) is 14.5. The lowest BCUT2D eigenvalue weighted by Crippen LogP contribution is -2.41. The first-order valence-electron chi connectivity index (χ1n) is 7.89. The molecule has 1 atom stereocenters. The van der Waals surface area contributed by atoms with Gasteiger partial charge in [0.2, 0.25) is 0 Å². The van der Waals surface area contributed by atoms with E-state index in [1.807, 2.05) is 0 Å². The third-order valence-corrected chi connectivity index (χ3v) is 4.32. The van der Waals surface area contributed by atoms with Gasteiger partial charge in [0.15, 0.2) is 0 Å². The van der Waals surface area contributed by atoms with Crippen LogP contribution in [0.15, 0.2) is 24.4 Å². The molecular formula is C17H19F2N3O2. The van der Waals surface area contributed by atoms with Crippen molar-refractivity contribution < 1.29 is 18.7 Å². The molecule has 0 saturated carbocycles. The Bertz CT molecular complexity index is 740. The predicted octanol–water partition coefficient (Wildman–Crippen LogP) is 2.21. The minimum Gasteiger partial charge on any atom is -0.396 e. The maximum Gasteiger partial charge on any atom is 0.257 e. The Morgan fingerprint density at radius 3 is 2.75 bits per heavy atom. The van der Waals surface area contributed by atoms with Gasteiger partial charge in [-0.15, -0.1) is 0 Å². The van der Waals surface area contributed by atoms with E-state index >= 15 is 0 Å². The van der Waals surface area contributed by atoms with Gasteiger partial charge in [0.25, 0.3) is 5.91 Å². The molecule has 1 unspecified atom stereocenters. The third-order valence-electron chi connectivity index (χ3n) is 4.32. The van der Waals surface area contributed by atoms with Crippen molar-refractivity contribution in [3.8, 4) is 11.3 Å². The lowest BCUT2D eigenvalue weighted by Gasteiger charge is -2.31. The summed E-state index contributed by atoms with van der Waals surface area (Å²) in [6, 6.07) is 3.56. The SMILES string of the molecule is Cn1cc(C(=O)N2CCCC(CO)C2)c(-c2c(F)cccc2F)n1. The third kappa shape index (κ3) is 3.03. The number of halogens is 2. The summed E-state index contributed by atoms with van der Waals surface area (Å²) in [6.07, 6.45) is 3.13. The Morgan fingerprint density at radius 2 is 2.08 bits per heavy atom. The van der Waals surface area contributed by atoms with Crippen LogP contribution < -0.4 is 0 Å². The standard InChI is InChI=1S/C17H19F2N3O2/c1-21-9-12(17(24)22-7-3-4-11(8-22)10-23)16(20-21)15-13(18)5-2-6-14(15)19/h2,5-6,9,11,23H,3-4,7-8,10H2,1H3. The van der Waals surface area contributed by atoms with Gasteiger partial charge in [-0.3, -0.25) is 9.48 Å². The van der Waals surface area contributed by atoms with Crippen molar-refractivity contribution in [3.63, 3.8) is 0 Å². The van der Waals surface area contributed by atoms with Crippen LogP contribution >= 0.6 is 0 Å². The number of likely N-dealkylation sites (tertiary alicyclic amines) is 1. The second-order valence-electron chi connectivity index (χ2n) is 6.10. The van der Waals surface area contributed by atoms with Gasteiger partial charge in [-0.05, 0) is 30.9 Å². The Morgan fingerprint density at radius 1 is 1.38 bits per heavy atom. The first-order valence-corrected chi connectivity index (χ1v) is 7.89. The molecule has 0 bridgehead atoms. The smallest absolute Gasteiger partial charge is 0.257 e. The number of hydrogen-bond acceptors (Lipinski definition) is 3. The summed E-state index contributed by atoms with van der Waals surface area (Å²) in [6.45, 7) is 1.01. The van der Waals surface area contributed by atoms with Crippen molar-refractivity contribution in [2.75, 3.05) is 19.7 Å². The Hall–Kier alpha value is -2.28. The van der Waals surface area contributed by atoms with Gasteiger partial charge in [-0.2, -0.15) is 5.10 Å².